The first-order chi connectivity index (χ1) is 8.50. The number of nitrogens with two attached hydrogens (primary N) is 1. The van der Waals surface area contributed by atoms with Crippen LogP contribution in [0, 0.1) is 19.7 Å². The van der Waals surface area contributed by atoms with Crippen molar-refractivity contribution in [2.24, 2.45) is 5.73 Å². The molecule has 3 heteroatoms. The smallest absolute Gasteiger partial charge is 0.128 e. The van der Waals surface area contributed by atoms with Gasteiger partial charge in [-0.25, -0.2) is 4.39 Å². The van der Waals surface area contributed by atoms with Crippen molar-refractivity contribution in [2.45, 2.75) is 19.9 Å². The molecule has 0 amide bonds. The Morgan fingerprint density at radius 2 is 1.67 bits per heavy atom. The zero-order chi connectivity index (χ0) is 13.3. The topological polar surface area (TPSA) is 26.0 Å². The molecule has 0 spiro atoms. The molecule has 94 valence electrons. The van der Waals surface area contributed by atoms with Gasteiger partial charge >= 0.3 is 0 Å². The summed E-state index contributed by atoms with van der Waals surface area (Å²) in [4.78, 5) is 0. The monoisotopic (exact) mass is 307 g/mol. The molecule has 0 aliphatic carbocycles. The van der Waals surface area contributed by atoms with Gasteiger partial charge in [0.15, 0.2) is 0 Å². The molecular weight excluding hydrogens is 293 g/mol. The Labute approximate surface area is 115 Å². The first-order valence-electron chi connectivity index (χ1n) is 5.77. The van der Waals surface area contributed by atoms with Crippen molar-refractivity contribution in [3.8, 4) is 0 Å². The van der Waals surface area contributed by atoms with Crippen LogP contribution in [-0.4, -0.2) is 0 Å². The van der Waals surface area contributed by atoms with Crippen LogP contribution in [0.4, 0.5) is 4.39 Å². The lowest BCUT2D eigenvalue weighted by Crippen LogP contribution is -2.14. The molecule has 1 atom stereocenters. The average molecular weight is 308 g/mol. The Morgan fingerprint density at radius 1 is 1.11 bits per heavy atom. The van der Waals surface area contributed by atoms with Gasteiger partial charge in [-0.2, -0.15) is 0 Å². The quantitative estimate of drug-likeness (QED) is 0.881. The molecule has 0 radical (unpaired) electrons. The minimum absolute atomic E-state index is 0.261. The molecule has 0 fully saturated rings. The second-order valence-electron chi connectivity index (χ2n) is 4.47. The fourth-order valence-corrected chi connectivity index (χ4v) is 2.29. The predicted molar refractivity (Wildman–Crippen MR) is 76.0 cm³/mol. The molecule has 2 aromatic carbocycles. The van der Waals surface area contributed by atoms with Crippen LogP contribution in [-0.2, 0) is 0 Å². The normalized spacial score (nSPS) is 12.5. The summed E-state index contributed by atoms with van der Waals surface area (Å²) < 4.78 is 14.8. The van der Waals surface area contributed by atoms with Crippen LogP contribution in [0.2, 0.25) is 0 Å². The van der Waals surface area contributed by atoms with Crippen LogP contribution in [0.25, 0.3) is 0 Å². The predicted octanol–water partition coefficient (Wildman–Crippen LogP) is 4.25. The van der Waals surface area contributed by atoms with Crippen molar-refractivity contribution in [3.05, 3.63) is 68.9 Å². The first kappa shape index (κ1) is 13.2. The third kappa shape index (κ3) is 2.47. The molecule has 18 heavy (non-hydrogen) atoms. The SMILES string of the molecule is Cc1cc(C(N)c2ccccc2F)cc(C)c1Br. The molecule has 0 saturated heterocycles. The lowest BCUT2D eigenvalue weighted by atomic mass is 9.96. The van der Waals surface area contributed by atoms with E-state index in [0.29, 0.717) is 5.56 Å². The van der Waals surface area contributed by atoms with Crippen LogP contribution in [0.15, 0.2) is 40.9 Å². The number of benzene rings is 2. The Kier molecular flexibility index (Phi) is 3.83. The number of hydrogen-bond donors (Lipinski definition) is 1. The standard InChI is InChI=1S/C15H15BrFN/c1-9-7-11(8-10(2)14(9)16)15(18)12-5-3-4-6-13(12)17/h3-8,15H,18H2,1-2H3. The van der Waals surface area contributed by atoms with Crippen LogP contribution in [0.5, 0.6) is 0 Å². The summed E-state index contributed by atoms with van der Waals surface area (Å²) >= 11 is 3.52. The Bertz CT molecular complexity index is 557. The number of halogens is 2. The van der Waals surface area contributed by atoms with E-state index in [1.54, 1.807) is 18.2 Å². The Balaban J connectivity index is 2.47. The van der Waals surface area contributed by atoms with E-state index in [9.17, 15) is 4.39 Å². The molecule has 0 aliphatic heterocycles. The minimum Gasteiger partial charge on any atom is -0.320 e. The van der Waals surface area contributed by atoms with Crippen molar-refractivity contribution < 1.29 is 4.39 Å². The third-order valence-electron chi connectivity index (χ3n) is 3.06. The summed E-state index contributed by atoms with van der Waals surface area (Å²) in [6.45, 7) is 4.02. The molecule has 1 unspecified atom stereocenters. The van der Waals surface area contributed by atoms with Crippen LogP contribution in [0.3, 0.4) is 0 Å². The van der Waals surface area contributed by atoms with E-state index >= 15 is 0 Å². The van der Waals surface area contributed by atoms with E-state index in [1.165, 1.54) is 6.07 Å². The molecule has 0 aromatic heterocycles. The van der Waals surface area contributed by atoms with E-state index in [2.05, 4.69) is 15.9 Å². The van der Waals surface area contributed by atoms with E-state index in [1.807, 2.05) is 26.0 Å². The second-order valence-corrected chi connectivity index (χ2v) is 5.26. The highest BCUT2D eigenvalue weighted by atomic mass is 79.9. The largest absolute Gasteiger partial charge is 0.320 e. The maximum Gasteiger partial charge on any atom is 0.128 e. The van der Waals surface area contributed by atoms with Gasteiger partial charge in [0, 0.05) is 10.0 Å². The molecule has 2 rings (SSSR count). The van der Waals surface area contributed by atoms with Crippen LogP contribution in [0.1, 0.15) is 28.3 Å². The van der Waals surface area contributed by atoms with Gasteiger partial charge in [-0.15, -0.1) is 0 Å². The summed E-state index contributed by atoms with van der Waals surface area (Å²) in [5.41, 5.74) is 9.82. The Hall–Kier alpha value is -1.19. The van der Waals surface area contributed by atoms with Crippen LogP contribution < -0.4 is 5.73 Å². The number of rotatable bonds is 2. The van der Waals surface area contributed by atoms with Crippen LogP contribution >= 0.6 is 15.9 Å². The van der Waals surface area contributed by atoms with Gasteiger partial charge < -0.3 is 5.73 Å². The summed E-state index contributed by atoms with van der Waals surface area (Å²) in [6, 6.07) is 10.2. The maximum absolute atomic E-state index is 13.7. The summed E-state index contributed by atoms with van der Waals surface area (Å²) in [5, 5.41) is 0. The highest BCUT2D eigenvalue weighted by molar-refractivity contribution is 9.10. The molecule has 0 heterocycles. The van der Waals surface area contributed by atoms with Crippen molar-refractivity contribution >= 4 is 15.9 Å². The highest BCUT2D eigenvalue weighted by Gasteiger charge is 2.14. The molecule has 0 saturated carbocycles. The minimum atomic E-state index is -0.434. The van der Waals surface area contributed by atoms with Crippen molar-refractivity contribution in [2.75, 3.05) is 0 Å². The van der Waals surface area contributed by atoms with Crippen molar-refractivity contribution in [1.29, 1.82) is 0 Å². The van der Waals surface area contributed by atoms with Gasteiger partial charge in [0.2, 0.25) is 0 Å². The lowest BCUT2D eigenvalue weighted by molar-refractivity contribution is 0.599. The second kappa shape index (κ2) is 5.21. The van der Waals surface area contributed by atoms with E-state index in [4.69, 9.17) is 5.73 Å². The zero-order valence-corrected chi connectivity index (χ0v) is 12.0. The number of hydrogen-bond acceptors (Lipinski definition) is 1. The molecule has 1 nitrogen and oxygen atoms in total. The first-order valence-corrected chi connectivity index (χ1v) is 6.56. The van der Waals surface area contributed by atoms with Crippen molar-refractivity contribution in [3.63, 3.8) is 0 Å². The van der Waals surface area contributed by atoms with Gasteiger partial charge in [-0.3, -0.25) is 0 Å². The molecule has 2 aromatic rings. The third-order valence-corrected chi connectivity index (χ3v) is 4.31. The van der Waals surface area contributed by atoms with E-state index < -0.39 is 6.04 Å². The van der Waals surface area contributed by atoms with E-state index in [-0.39, 0.29) is 5.82 Å². The molecule has 0 bridgehead atoms. The number of aryl methyl sites for hydroxylation is 2. The highest BCUT2D eigenvalue weighted by Crippen LogP contribution is 2.28. The van der Waals surface area contributed by atoms with Gasteiger partial charge in [-0.05, 0) is 36.6 Å². The summed E-state index contributed by atoms with van der Waals surface area (Å²) in [6.07, 6.45) is 0. The fraction of sp³-hybridized carbons (Fsp3) is 0.200. The maximum atomic E-state index is 13.7. The fourth-order valence-electron chi connectivity index (χ4n) is 2.07. The van der Waals surface area contributed by atoms with Gasteiger partial charge in [-0.1, -0.05) is 46.3 Å². The zero-order valence-electron chi connectivity index (χ0n) is 10.4. The van der Waals surface area contributed by atoms with E-state index in [0.717, 1.165) is 21.2 Å². The molecule has 2 N–H and O–H groups in total. The van der Waals surface area contributed by atoms with Gasteiger partial charge in [0.1, 0.15) is 5.82 Å². The van der Waals surface area contributed by atoms with Gasteiger partial charge in [0.05, 0.1) is 6.04 Å². The molecular formula is C15H15BrFN. The lowest BCUT2D eigenvalue weighted by Gasteiger charge is -2.16. The molecule has 0 aliphatic rings. The Morgan fingerprint density at radius 3 is 2.22 bits per heavy atom. The van der Waals surface area contributed by atoms with Crippen molar-refractivity contribution in [1.82, 2.24) is 0 Å². The summed E-state index contributed by atoms with van der Waals surface area (Å²) in [5.74, 6) is -0.261. The summed E-state index contributed by atoms with van der Waals surface area (Å²) in [7, 11) is 0. The average Bonchev–Trinajstić information content (AvgIpc) is 2.35. The van der Waals surface area contributed by atoms with Gasteiger partial charge in [0.25, 0.3) is 0 Å².